The molecule has 1 fully saturated rings. The number of hydrogen-bond donors (Lipinski definition) is 2. The third-order valence-corrected chi connectivity index (χ3v) is 2.94. The van der Waals surface area contributed by atoms with Crippen LogP contribution in [-0.4, -0.2) is 35.4 Å². The molecule has 16 heavy (non-hydrogen) atoms. The van der Waals surface area contributed by atoms with Crippen LogP contribution in [0.1, 0.15) is 29.8 Å². The molecule has 88 valence electrons. The Morgan fingerprint density at radius 1 is 1.50 bits per heavy atom. The highest BCUT2D eigenvalue weighted by atomic mass is 16.4. The van der Waals surface area contributed by atoms with E-state index in [-0.39, 0.29) is 12.4 Å². The van der Waals surface area contributed by atoms with Gasteiger partial charge in [-0.15, -0.1) is 0 Å². The summed E-state index contributed by atoms with van der Waals surface area (Å²) in [6.07, 6.45) is 3.32. The molecule has 1 aliphatic carbocycles. The van der Waals surface area contributed by atoms with Crippen molar-refractivity contribution in [2.24, 2.45) is 0 Å². The van der Waals surface area contributed by atoms with Crippen molar-refractivity contribution >= 4 is 11.9 Å². The number of aromatic carboxylic acids is 1. The van der Waals surface area contributed by atoms with Gasteiger partial charge in [0.1, 0.15) is 0 Å². The monoisotopic (exact) mass is 225 g/mol. The minimum atomic E-state index is -1.07. The van der Waals surface area contributed by atoms with Gasteiger partial charge in [-0.25, -0.2) is 4.79 Å². The Morgan fingerprint density at radius 2 is 2.25 bits per heavy atom. The highest BCUT2D eigenvalue weighted by Crippen LogP contribution is 2.30. The summed E-state index contributed by atoms with van der Waals surface area (Å²) in [5.41, 5.74) is 0. The topological polar surface area (TPSA) is 73.9 Å². The normalized spacial score (nSPS) is 15.8. The van der Waals surface area contributed by atoms with Crippen LogP contribution in [0.5, 0.6) is 0 Å². The third-order valence-electron chi connectivity index (χ3n) is 2.94. The molecule has 0 radical (unpaired) electrons. The van der Waals surface area contributed by atoms with Gasteiger partial charge in [0.25, 0.3) is 0 Å². The van der Waals surface area contributed by atoms with Gasteiger partial charge in [0.05, 0.1) is 6.61 Å². The quantitative estimate of drug-likeness (QED) is 0.790. The Labute approximate surface area is 93.3 Å². The summed E-state index contributed by atoms with van der Waals surface area (Å²) >= 11 is 0. The van der Waals surface area contributed by atoms with Gasteiger partial charge in [-0.3, -0.25) is 0 Å². The maximum atomic E-state index is 10.7. The molecule has 1 aromatic heterocycles. The van der Waals surface area contributed by atoms with Gasteiger partial charge in [0.2, 0.25) is 5.76 Å². The molecule has 0 bridgehead atoms. The molecule has 1 aliphatic rings. The maximum absolute atomic E-state index is 10.7. The largest absolute Gasteiger partial charge is 0.475 e. The molecular weight excluding hydrogens is 210 g/mol. The SMILES string of the molecule is O=C(O)c1ccc(N(CCO)C2CCC2)o1. The summed E-state index contributed by atoms with van der Waals surface area (Å²) in [5.74, 6) is -0.586. The lowest BCUT2D eigenvalue weighted by Crippen LogP contribution is -2.41. The van der Waals surface area contributed by atoms with Gasteiger partial charge in [0.15, 0.2) is 5.88 Å². The van der Waals surface area contributed by atoms with Gasteiger partial charge in [-0.2, -0.15) is 0 Å². The van der Waals surface area contributed by atoms with E-state index in [2.05, 4.69) is 0 Å². The van der Waals surface area contributed by atoms with E-state index in [0.717, 1.165) is 12.8 Å². The van der Waals surface area contributed by atoms with Crippen molar-refractivity contribution in [2.75, 3.05) is 18.1 Å². The van der Waals surface area contributed by atoms with Crippen molar-refractivity contribution in [3.8, 4) is 0 Å². The van der Waals surface area contributed by atoms with Crippen molar-refractivity contribution in [3.05, 3.63) is 17.9 Å². The second-order valence-corrected chi connectivity index (χ2v) is 3.94. The molecule has 0 unspecified atom stereocenters. The van der Waals surface area contributed by atoms with E-state index < -0.39 is 5.97 Å². The predicted octanol–water partition coefficient (Wildman–Crippen LogP) is 1.33. The van der Waals surface area contributed by atoms with E-state index in [1.807, 2.05) is 4.90 Å². The first-order valence-electron chi connectivity index (χ1n) is 5.43. The van der Waals surface area contributed by atoms with Crippen molar-refractivity contribution in [3.63, 3.8) is 0 Å². The summed E-state index contributed by atoms with van der Waals surface area (Å²) in [7, 11) is 0. The zero-order valence-electron chi connectivity index (χ0n) is 8.93. The number of carboxylic acid groups (broad SMARTS) is 1. The Bertz CT molecular complexity index is 370. The van der Waals surface area contributed by atoms with E-state index >= 15 is 0 Å². The molecule has 1 saturated carbocycles. The molecule has 1 heterocycles. The molecule has 5 heteroatoms. The number of anilines is 1. The number of nitrogens with zero attached hydrogens (tertiary/aromatic N) is 1. The maximum Gasteiger partial charge on any atom is 0.371 e. The fourth-order valence-corrected chi connectivity index (χ4v) is 1.88. The second-order valence-electron chi connectivity index (χ2n) is 3.94. The molecule has 0 aliphatic heterocycles. The lowest BCUT2D eigenvalue weighted by atomic mass is 9.91. The Kier molecular flexibility index (Phi) is 3.14. The minimum Gasteiger partial charge on any atom is -0.475 e. The van der Waals surface area contributed by atoms with Crippen LogP contribution in [0, 0.1) is 0 Å². The first-order chi connectivity index (χ1) is 7.72. The number of rotatable bonds is 5. The number of carboxylic acids is 1. The van der Waals surface area contributed by atoms with Crippen molar-refractivity contribution in [1.82, 2.24) is 0 Å². The van der Waals surface area contributed by atoms with Gasteiger partial charge >= 0.3 is 5.97 Å². The first-order valence-corrected chi connectivity index (χ1v) is 5.43. The second kappa shape index (κ2) is 4.57. The number of furan rings is 1. The van der Waals surface area contributed by atoms with Crippen LogP contribution in [0.15, 0.2) is 16.5 Å². The van der Waals surface area contributed by atoms with Crippen molar-refractivity contribution in [1.29, 1.82) is 0 Å². The van der Waals surface area contributed by atoms with E-state index in [0.29, 0.717) is 18.5 Å². The van der Waals surface area contributed by atoms with E-state index in [1.54, 1.807) is 6.07 Å². The van der Waals surface area contributed by atoms with E-state index in [4.69, 9.17) is 14.6 Å². The summed E-state index contributed by atoms with van der Waals surface area (Å²) in [6, 6.07) is 3.47. The molecule has 0 atom stereocenters. The molecule has 2 rings (SSSR count). The van der Waals surface area contributed by atoms with E-state index in [1.165, 1.54) is 12.5 Å². The molecular formula is C11H15NO4. The van der Waals surface area contributed by atoms with Crippen LogP contribution in [0.2, 0.25) is 0 Å². The zero-order valence-corrected chi connectivity index (χ0v) is 8.93. The Morgan fingerprint density at radius 3 is 2.69 bits per heavy atom. The molecule has 0 aromatic carbocycles. The lowest BCUT2D eigenvalue weighted by Gasteiger charge is -2.37. The predicted molar refractivity (Wildman–Crippen MR) is 57.7 cm³/mol. The zero-order chi connectivity index (χ0) is 11.5. The average Bonchev–Trinajstić information content (AvgIpc) is 2.62. The number of carbonyl (C=O) groups is 1. The molecule has 0 amide bonds. The van der Waals surface area contributed by atoms with Crippen LogP contribution >= 0.6 is 0 Å². The van der Waals surface area contributed by atoms with Crippen LogP contribution in [-0.2, 0) is 0 Å². The van der Waals surface area contributed by atoms with Crippen LogP contribution in [0.4, 0.5) is 5.88 Å². The average molecular weight is 225 g/mol. The van der Waals surface area contributed by atoms with Crippen molar-refractivity contribution in [2.45, 2.75) is 25.3 Å². The number of aliphatic hydroxyl groups is 1. The van der Waals surface area contributed by atoms with Gasteiger partial charge in [-0.05, 0) is 25.3 Å². The molecule has 0 saturated heterocycles. The van der Waals surface area contributed by atoms with Crippen LogP contribution in [0.3, 0.4) is 0 Å². The first kappa shape index (κ1) is 11.0. The molecule has 0 spiro atoms. The highest BCUT2D eigenvalue weighted by Gasteiger charge is 2.27. The fourth-order valence-electron chi connectivity index (χ4n) is 1.88. The molecule has 5 nitrogen and oxygen atoms in total. The van der Waals surface area contributed by atoms with Gasteiger partial charge in [0, 0.05) is 18.7 Å². The molecule has 2 N–H and O–H groups in total. The number of aliphatic hydroxyl groups excluding tert-OH is 1. The smallest absolute Gasteiger partial charge is 0.371 e. The number of hydrogen-bond acceptors (Lipinski definition) is 4. The van der Waals surface area contributed by atoms with Crippen molar-refractivity contribution < 1.29 is 19.4 Å². The summed E-state index contributed by atoms with van der Waals surface area (Å²) < 4.78 is 5.23. The summed E-state index contributed by atoms with van der Waals surface area (Å²) in [4.78, 5) is 12.6. The summed E-state index contributed by atoms with van der Waals surface area (Å²) in [5, 5.41) is 17.7. The summed E-state index contributed by atoms with van der Waals surface area (Å²) in [6.45, 7) is 0.525. The minimum absolute atomic E-state index is 0.0413. The van der Waals surface area contributed by atoms with E-state index in [9.17, 15) is 4.79 Å². The lowest BCUT2D eigenvalue weighted by molar-refractivity contribution is 0.0662. The fraction of sp³-hybridized carbons (Fsp3) is 0.545. The van der Waals surface area contributed by atoms with Crippen LogP contribution < -0.4 is 4.90 Å². The molecule has 1 aromatic rings. The van der Waals surface area contributed by atoms with Gasteiger partial charge in [-0.1, -0.05) is 0 Å². The third kappa shape index (κ3) is 2.04. The standard InChI is InChI=1S/C11H15NO4/c13-7-6-12(8-2-1-3-8)10-5-4-9(16-10)11(14)15/h4-5,8,13H,1-3,6-7H2,(H,14,15). The van der Waals surface area contributed by atoms with Gasteiger partial charge < -0.3 is 19.5 Å². The Balaban J connectivity index is 2.13. The highest BCUT2D eigenvalue weighted by molar-refractivity contribution is 5.84. The Hall–Kier alpha value is -1.49. The van der Waals surface area contributed by atoms with Crippen LogP contribution in [0.25, 0.3) is 0 Å².